The lowest BCUT2D eigenvalue weighted by Gasteiger charge is -2.15. The van der Waals surface area contributed by atoms with E-state index in [2.05, 4.69) is 10.3 Å². The molecule has 4 heteroatoms. The second kappa shape index (κ2) is 6.41. The highest BCUT2D eigenvalue weighted by Crippen LogP contribution is 2.28. The molecule has 2 N–H and O–H groups in total. The number of nitrogens with zero attached hydrogens (tertiary/aromatic N) is 1. The van der Waals surface area contributed by atoms with Crippen molar-refractivity contribution in [2.45, 2.75) is 25.9 Å². The third kappa shape index (κ3) is 3.93. The molecule has 0 aliphatic heterocycles. The first-order valence-electron chi connectivity index (χ1n) is 7.58. The number of nitrogens with one attached hydrogen (secondary N) is 1. The van der Waals surface area contributed by atoms with Gasteiger partial charge in [-0.1, -0.05) is 18.2 Å². The van der Waals surface area contributed by atoms with Crippen LogP contribution in [0.15, 0.2) is 30.3 Å². The van der Waals surface area contributed by atoms with Crippen molar-refractivity contribution in [3.63, 3.8) is 0 Å². The molecule has 1 aliphatic rings. The summed E-state index contributed by atoms with van der Waals surface area (Å²) in [4.78, 5) is 4.51. The number of aryl methyl sites for hydroxylation is 1. The molecule has 1 aliphatic carbocycles. The fourth-order valence-corrected chi connectivity index (χ4v) is 2.40. The maximum atomic E-state index is 9.98. The fourth-order valence-electron chi connectivity index (χ4n) is 2.40. The van der Waals surface area contributed by atoms with E-state index in [1.807, 2.05) is 37.3 Å². The molecule has 0 amide bonds. The molecule has 0 bridgehead atoms. The van der Waals surface area contributed by atoms with Crippen LogP contribution in [0.3, 0.4) is 0 Å². The van der Waals surface area contributed by atoms with Gasteiger partial charge in [-0.15, -0.1) is 0 Å². The van der Waals surface area contributed by atoms with Crippen LogP contribution < -0.4 is 5.32 Å². The number of benzene rings is 1. The smallest absolute Gasteiger partial charge is 0.0945 e. The summed E-state index contributed by atoms with van der Waals surface area (Å²) in [6.07, 6.45) is 2.06. The maximum absolute atomic E-state index is 9.98. The van der Waals surface area contributed by atoms with Gasteiger partial charge in [0.15, 0.2) is 0 Å². The first-order valence-corrected chi connectivity index (χ1v) is 7.58. The van der Waals surface area contributed by atoms with Crippen LogP contribution in [0, 0.1) is 12.8 Å². The normalized spacial score (nSPS) is 16.1. The van der Waals surface area contributed by atoms with Gasteiger partial charge in [0, 0.05) is 29.9 Å². The monoisotopic (exact) mass is 286 g/mol. The molecule has 1 aromatic carbocycles. The van der Waals surface area contributed by atoms with Crippen molar-refractivity contribution >= 4 is 16.6 Å². The number of ether oxygens (including phenoxy) is 1. The highest BCUT2D eigenvalue weighted by atomic mass is 16.5. The Kier molecular flexibility index (Phi) is 4.36. The molecule has 3 rings (SSSR count). The van der Waals surface area contributed by atoms with Gasteiger partial charge in [-0.05, 0) is 37.8 Å². The van der Waals surface area contributed by atoms with Gasteiger partial charge < -0.3 is 15.2 Å². The Balaban J connectivity index is 1.58. The van der Waals surface area contributed by atoms with Gasteiger partial charge >= 0.3 is 0 Å². The number of hydrogen-bond acceptors (Lipinski definition) is 4. The number of fused-ring (bicyclic) bond motifs is 1. The zero-order valence-electron chi connectivity index (χ0n) is 12.4. The van der Waals surface area contributed by atoms with E-state index in [1.54, 1.807) is 0 Å². The number of aromatic nitrogens is 1. The van der Waals surface area contributed by atoms with Crippen LogP contribution in [0.4, 0.5) is 5.69 Å². The van der Waals surface area contributed by atoms with Gasteiger partial charge in [0.1, 0.15) is 0 Å². The summed E-state index contributed by atoms with van der Waals surface area (Å²) < 4.78 is 5.52. The molecule has 1 saturated carbocycles. The van der Waals surface area contributed by atoms with E-state index in [1.165, 1.54) is 12.8 Å². The topological polar surface area (TPSA) is 54.4 Å². The minimum Gasteiger partial charge on any atom is -0.389 e. The van der Waals surface area contributed by atoms with Crippen LogP contribution in [0.1, 0.15) is 18.5 Å². The molecule has 1 fully saturated rings. The van der Waals surface area contributed by atoms with Crippen LogP contribution in [0.5, 0.6) is 0 Å². The minimum atomic E-state index is -0.490. The minimum absolute atomic E-state index is 0.394. The van der Waals surface area contributed by atoms with Gasteiger partial charge in [-0.2, -0.15) is 0 Å². The lowest BCUT2D eigenvalue weighted by molar-refractivity contribution is 0.0386. The Hall–Kier alpha value is -1.65. The van der Waals surface area contributed by atoms with Crippen molar-refractivity contribution < 1.29 is 9.84 Å². The first-order chi connectivity index (χ1) is 10.2. The van der Waals surface area contributed by atoms with E-state index in [0.29, 0.717) is 13.2 Å². The van der Waals surface area contributed by atoms with Gasteiger partial charge in [0.25, 0.3) is 0 Å². The van der Waals surface area contributed by atoms with E-state index in [0.717, 1.165) is 34.8 Å². The third-order valence-electron chi connectivity index (χ3n) is 3.73. The second-order valence-corrected chi connectivity index (χ2v) is 5.84. The number of para-hydroxylation sites is 1. The summed E-state index contributed by atoms with van der Waals surface area (Å²) in [5, 5.41) is 14.4. The number of anilines is 1. The predicted molar refractivity (Wildman–Crippen MR) is 84.5 cm³/mol. The highest BCUT2D eigenvalue weighted by Gasteiger charge is 2.21. The summed E-state index contributed by atoms with van der Waals surface area (Å²) in [7, 11) is 0. The van der Waals surface area contributed by atoms with Crippen molar-refractivity contribution in [2.75, 3.05) is 25.1 Å². The molecule has 4 nitrogen and oxygen atoms in total. The van der Waals surface area contributed by atoms with Crippen molar-refractivity contribution in [1.82, 2.24) is 4.98 Å². The molecule has 1 aromatic heterocycles. The standard InChI is InChI=1S/C17H22N2O2/c1-12-8-17(15-4-2-3-5-16(15)19-12)18-9-14(20)11-21-10-13-6-7-13/h2-5,8,13-14,20H,6-7,9-11H2,1H3,(H,18,19). The van der Waals surface area contributed by atoms with E-state index in [9.17, 15) is 5.11 Å². The van der Waals surface area contributed by atoms with Crippen LogP contribution in [0.2, 0.25) is 0 Å². The third-order valence-corrected chi connectivity index (χ3v) is 3.73. The fraction of sp³-hybridized carbons (Fsp3) is 0.471. The molecular weight excluding hydrogens is 264 g/mol. The molecule has 21 heavy (non-hydrogen) atoms. The van der Waals surface area contributed by atoms with Crippen LogP contribution in [-0.2, 0) is 4.74 Å². The number of aliphatic hydroxyl groups is 1. The molecule has 1 atom stereocenters. The molecule has 0 saturated heterocycles. The summed E-state index contributed by atoms with van der Waals surface area (Å²) in [5.41, 5.74) is 2.95. The van der Waals surface area contributed by atoms with E-state index in [4.69, 9.17) is 4.74 Å². The summed E-state index contributed by atoms with van der Waals surface area (Å²) in [6.45, 7) is 3.64. The molecular formula is C17H22N2O2. The number of aliphatic hydroxyl groups excluding tert-OH is 1. The number of rotatable bonds is 7. The van der Waals surface area contributed by atoms with Crippen LogP contribution >= 0.6 is 0 Å². The van der Waals surface area contributed by atoms with Gasteiger partial charge in [0.05, 0.1) is 18.2 Å². The molecule has 1 unspecified atom stereocenters. The van der Waals surface area contributed by atoms with Gasteiger partial charge in [0.2, 0.25) is 0 Å². The Labute approximate surface area is 125 Å². The predicted octanol–water partition coefficient (Wildman–Crippen LogP) is 2.74. The van der Waals surface area contributed by atoms with E-state index in [-0.39, 0.29) is 0 Å². The Morgan fingerprint density at radius 3 is 3.00 bits per heavy atom. The summed E-state index contributed by atoms with van der Waals surface area (Å²) in [6, 6.07) is 10.0. The van der Waals surface area contributed by atoms with Crippen LogP contribution in [0.25, 0.3) is 10.9 Å². The van der Waals surface area contributed by atoms with Crippen molar-refractivity contribution in [3.8, 4) is 0 Å². The molecule has 1 heterocycles. The molecule has 0 radical (unpaired) electrons. The van der Waals surface area contributed by atoms with Crippen molar-refractivity contribution in [1.29, 1.82) is 0 Å². The lowest BCUT2D eigenvalue weighted by atomic mass is 10.1. The summed E-state index contributed by atoms with van der Waals surface area (Å²) in [5.74, 6) is 0.733. The SMILES string of the molecule is Cc1cc(NCC(O)COCC2CC2)c2ccccc2n1. The highest BCUT2D eigenvalue weighted by molar-refractivity contribution is 5.91. The van der Waals surface area contributed by atoms with E-state index < -0.39 is 6.10 Å². The van der Waals surface area contributed by atoms with Crippen LogP contribution in [-0.4, -0.2) is 36.0 Å². The Morgan fingerprint density at radius 2 is 2.19 bits per heavy atom. The Bertz CT molecular complexity index is 611. The maximum Gasteiger partial charge on any atom is 0.0945 e. The molecule has 0 spiro atoms. The van der Waals surface area contributed by atoms with Crippen molar-refractivity contribution in [2.24, 2.45) is 5.92 Å². The summed E-state index contributed by atoms with van der Waals surface area (Å²) >= 11 is 0. The average Bonchev–Trinajstić information content (AvgIpc) is 3.29. The molecule has 112 valence electrons. The zero-order valence-corrected chi connectivity index (χ0v) is 12.4. The second-order valence-electron chi connectivity index (χ2n) is 5.84. The van der Waals surface area contributed by atoms with Gasteiger partial charge in [-0.3, -0.25) is 4.98 Å². The molecule has 2 aromatic rings. The Morgan fingerprint density at radius 1 is 1.38 bits per heavy atom. The lowest BCUT2D eigenvalue weighted by Crippen LogP contribution is -2.25. The van der Waals surface area contributed by atoms with E-state index >= 15 is 0 Å². The number of pyridine rings is 1. The van der Waals surface area contributed by atoms with Crippen molar-refractivity contribution in [3.05, 3.63) is 36.0 Å². The number of hydrogen-bond donors (Lipinski definition) is 2. The quantitative estimate of drug-likeness (QED) is 0.822. The zero-order chi connectivity index (χ0) is 14.7. The first kappa shape index (κ1) is 14.3. The van der Waals surface area contributed by atoms with Gasteiger partial charge in [-0.25, -0.2) is 0 Å². The largest absolute Gasteiger partial charge is 0.389 e. The average molecular weight is 286 g/mol.